The number of thiophene rings is 1. The minimum atomic E-state index is -0.751. The van der Waals surface area contributed by atoms with Crippen molar-refractivity contribution in [3.05, 3.63) is 90.9 Å². The number of carbonyl (C=O) groups excluding carboxylic acids is 2. The molecule has 2 amide bonds. The number of hydrogen-bond donors (Lipinski definition) is 2. The largest absolute Gasteiger partial charge is 0.386 e. The molecule has 3 unspecified atom stereocenters. The fraction of sp³-hybridized carbons (Fsp3) is 0.240. The van der Waals surface area contributed by atoms with Crippen LogP contribution in [0.5, 0.6) is 0 Å². The summed E-state index contributed by atoms with van der Waals surface area (Å²) in [6, 6.07) is 9.90. The van der Waals surface area contributed by atoms with Crippen molar-refractivity contribution in [1.29, 1.82) is 0 Å². The number of fused-ring (bicyclic) bond motifs is 1. The average Bonchev–Trinajstić information content (AvgIpc) is 3.51. The number of nitrogens with one attached hydrogen (secondary N) is 2. The third kappa shape index (κ3) is 4.81. The van der Waals surface area contributed by atoms with Crippen LogP contribution in [0.25, 0.3) is 0 Å². The number of carbonyl (C=O) groups is 2. The normalized spacial score (nSPS) is 20.3. The van der Waals surface area contributed by atoms with Crippen molar-refractivity contribution in [3.63, 3.8) is 0 Å². The molecule has 3 heterocycles. The fourth-order valence-electron chi connectivity index (χ4n) is 4.11. The van der Waals surface area contributed by atoms with E-state index in [2.05, 4.69) is 15.6 Å². The molecule has 0 saturated carbocycles. The van der Waals surface area contributed by atoms with Gasteiger partial charge in [-0.15, -0.1) is 22.7 Å². The van der Waals surface area contributed by atoms with Gasteiger partial charge in [0.1, 0.15) is 23.6 Å². The van der Waals surface area contributed by atoms with Crippen LogP contribution in [0.1, 0.15) is 32.0 Å². The van der Waals surface area contributed by atoms with Crippen molar-refractivity contribution < 1.29 is 18.7 Å². The smallest absolute Gasteiger partial charge is 0.252 e. The molecule has 186 valence electrons. The van der Waals surface area contributed by atoms with Crippen LogP contribution in [0.3, 0.4) is 0 Å². The van der Waals surface area contributed by atoms with Gasteiger partial charge in [-0.05, 0) is 55.5 Å². The number of halogens is 2. The first-order valence-corrected chi connectivity index (χ1v) is 13.2. The summed E-state index contributed by atoms with van der Waals surface area (Å²) >= 11 is 9.00. The van der Waals surface area contributed by atoms with Crippen LogP contribution in [-0.4, -0.2) is 36.7 Å². The molecule has 1 aliphatic heterocycles. The Kier molecular flexibility index (Phi) is 6.94. The molecule has 5 rings (SSSR count). The van der Waals surface area contributed by atoms with E-state index in [9.17, 15) is 14.0 Å². The predicted molar refractivity (Wildman–Crippen MR) is 139 cm³/mol. The van der Waals surface area contributed by atoms with E-state index < -0.39 is 23.9 Å². The van der Waals surface area contributed by atoms with Crippen molar-refractivity contribution in [2.75, 3.05) is 18.7 Å². The molecule has 1 fully saturated rings. The summed E-state index contributed by atoms with van der Waals surface area (Å²) in [5.41, 5.74) is 2.17. The molecule has 2 aliphatic rings. The predicted octanol–water partition coefficient (Wildman–Crippen LogP) is 4.96. The van der Waals surface area contributed by atoms with Crippen LogP contribution in [0, 0.1) is 12.8 Å². The lowest BCUT2D eigenvalue weighted by Gasteiger charge is -2.37. The lowest BCUT2D eigenvalue weighted by atomic mass is 9.92. The molecular formula is C25H22ClFN4O3S2. The number of likely N-dealkylation sites (N-methyl/N-ethyl adjacent to an activating group) is 1. The molecule has 11 heteroatoms. The Labute approximate surface area is 220 Å². The van der Waals surface area contributed by atoms with E-state index in [-0.39, 0.29) is 18.5 Å². The maximum absolute atomic E-state index is 14.3. The second kappa shape index (κ2) is 10.1. The summed E-state index contributed by atoms with van der Waals surface area (Å²) < 4.78 is 20.7. The zero-order chi connectivity index (χ0) is 25.4. The number of ether oxygens (including phenoxy) is 1. The van der Waals surface area contributed by atoms with E-state index in [0.717, 1.165) is 15.6 Å². The maximum Gasteiger partial charge on any atom is 0.252 e. The van der Waals surface area contributed by atoms with Gasteiger partial charge in [-0.3, -0.25) is 14.5 Å². The van der Waals surface area contributed by atoms with Gasteiger partial charge >= 0.3 is 0 Å². The Morgan fingerprint density at radius 1 is 1.25 bits per heavy atom. The van der Waals surface area contributed by atoms with Gasteiger partial charge in [0, 0.05) is 34.2 Å². The highest BCUT2D eigenvalue weighted by molar-refractivity contribution is 7.16. The van der Waals surface area contributed by atoms with Gasteiger partial charge in [-0.1, -0.05) is 11.6 Å². The number of aromatic nitrogens is 1. The number of nitrogens with zero attached hydrogens (tertiary/aromatic N) is 2. The van der Waals surface area contributed by atoms with Crippen molar-refractivity contribution >= 4 is 51.8 Å². The summed E-state index contributed by atoms with van der Waals surface area (Å²) in [6.45, 7) is 1.93. The van der Waals surface area contributed by atoms with Crippen LogP contribution in [0.2, 0.25) is 4.34 Å². The van der Waals surface area contributed by atoms with Gasteiger partial charge < -0.3 is 15.4 Å². The number of amides is 2. The molecule has 3 atom stereocenters. The quantitative estimate of drug-likeness (QED) is 0.458. The summed E-state index contributed by atoms with van der Waals surface area (Å²) in [6.07, 6.45) is 2.34. The molecule has 36 heavy (non-hydrogen) atoms. The minimum Gasteiger partial charge on any atom is -0.386 e. The highest BCUT2D eigenvalue weighted by Crippen LogP contribution is 2.34. The Hall–Kier alpha value is -3.05. The Morgan fingerprint density at radius 2 is 2.03 bits per heavy atom. The Morgan fingerprint density at radius 3 is 2.67 bits per heavy atom. The molecule has 7 nitrogen and oxygen atoms in total. The van der Waals surface area contributed by atoms with Crippen molar-refractivity contribution in [2.24, 2.45) is 5.92 Å². The van der Waals surface area contributed by atoms with Crippen LogP contribution < -0.4 is 15.5 Å². The zero-order valence-electron chi connectivity index (χ0n) is 19.3. The molecule has 1 aliphatic carbocycles. The summed E-state index contributed by atoms with van der Waals surface area (Å²) in [7, 11) is 1.62. The van der Waals surface area contributed by atoms with E-state index in [1.165, 1.54) is 33.6 Å². The van der Waals surface area contributed by atoms with E-state index in [0.29, 0.717) is 21.3 Å². The second-order valence-electron chi connectivity index (χ2n) is 8.32. The number of rotatable bonds is 6. The van der Waals surface area contributed by atoms with E-state index in [1.807, 2.05) is 18.4 Å². The maximum atomic E-state index is 14.3. The van der Waals surface area contributed by atoms with Crippen molar-refractivity contribution in [3.8, 4) is 0 Å². The summed E-state index contributed by atoms with van der Waals surface area (Å²) in [5.74, 6) is -1.79. The Balaban J connectivity index is 1.32. The first kappa shape index (κ1) is 24.6. The molecule has 3 aromatic rings. The van der Waals surface area contributed by atoms with Gasteiger partial charge in [-0.2, -0.15) is 0 Å². The number of thiazole rings is 1. The van der Waals surface area contributed by atoms with Crippen LogP contribution >= 0.6 is 34.3 Å². The molecule has 1 aromatic carbocycles. The number of aryl methyl sites for hydroxylation is 1. The molecule has 1 saturated heterocycles. The lowest BCUT2D eigenvalue weighted by Crippen LogP contribution is -2.49. The second-order valence-corrected chi connectivity index (χ2v) is 11.0. The highest BCUT2D eigenvalue weighted by atomic mass is 35.5. The fourth-order valence-corrected chi connectivity index (χ4v) is 6.17. The third-order valence-corrected chi connectivity index (χ3v) is 8.29. The topological polar surface area (TPSA) is 83.6 Å². The average molecular weight is 545 g/mol. The molecule has 2 N–H and O–H groups in total. The molecule has 2 aromatic heterocycles. The third-order valence-electron chi connectivity index (χ3n) is 5.96. The number of anilines is 1. The summed E-state index contributed by atoms with van der Waals surface area (Å²) in [5, 5.41) is 8.51. The minimum absolute atomic E-state index is 0.0269. The van der Waals surface area contributed by atoms with E-state index in [4.69, 9.17) is 16.3 Å². The Bertz CT molecular complexity index is 1330. The number of benzene rings is 1. The monoisotopic (exact) mass is 544 g/mol. The SMILES string of the molecule is CNC1=CC2OCN(c3ccc(C(=O)NC(c4ccc(Cl)s4)c4nc(C)cs4)cc3)C(=O)C2C=C1F. The highest BCUT2D eigenvalue weighted by Gasteiger charge is 2.39. The van der Waals surface area contributed by atoms with Crippen LogP contribution in [0.4, 0.5) is 10.1 Å². The van der Waals surface area contributed by atoms with Gasteiger partial charge in [-0.25, -0.2) is 9.37 Å². The van der Waals surface area contributed by atoms with Gasteiger partial charge in [0.15, 0.2) is 0 Å². The van der Waals surface area contributed by atoms with Crippen LogP contribution in [-0.2, 0) is 9.53 Å². The summed E-state index contributed by atoms with van der Waals surface area (Å²) in [4.78, 5) is 33.1. The standard InChI is InChI=1S/C25H22ClFN4O3S2/c1-13-11-35-24(29-13)22(20-7-8-21(26)36-20)30-23(32)14-3-5-15(6-4-14)31-12-34-19-10-18(28-2)17(27)9-16(19)25(31)33/h3-11,16,19,22,28H,12H2,1-2H3,(H,30,32). The lowest BCUT2D eigenvalue weighted by molar-refractivity contribution is -0.131. The number of allylic oxidation sites excluding steroid dienone is 1. The molecule has 0 bridgehead atoms. The zero-order valence-corrected chi connectivity index (χ0v) is 21.7. The van der Waals surface area contributed by atoms with Crippen molar-refractivity contribution in [1.82, 2.24) is 15.6 Å². The molecule has 0 spiro atoms. The van der Waals surface area contributed by atoms with Gasteiger partial charge in [0.2, 0.25) is 5.91 Å². The first-order valence-electron chi connectivity index (χ1n) is 11.1. The molecule has 0 radical (unpaired) electrons. The van der Waals surface area contributed by atoms with E-state index >= 15 is 0 Å². The first-order chi connectivity index (χ1) is 17.3. The van der Waals surface area contributed by atoms with Gasteiger partial charge in [0.05, 0.1) is 22.1 Å². The van der Waals surface area contributed by atoms with Crippen LogP contribution in [0.15, 0.2) is 65.5 Å². The molecular weight excluding hydrogens is 523 g/mol. The van der Waals surface area contributed by atoms with Crippen molar-refractivity contribution in [2.45, 2.75) is 19.1 Å². The number of hydrogen-bond acceptors (Lipinski definition) is 7. The van der Waals surface area contributed by atoms with Gasteiger partial charge in [0.25, 0.3) is 5.91 Å². The van der Waals surface area contributed by atoms with E-state index in [1.54, 1.807) is 43.5 Å².